The first-order valence-electron chi connectivity index (χ1n) is 14.3. The summed E-state index contributed by atoms with van der Waals surface area (Å²) in [6, 6.07) is 2.17. The molecule has 2 rings (SSSR count). The van der Waals surface area contributed by atoms with E-state index in [1.165, 1.54) is 0 Å². The third-order valence-corrected chi connectivity index (χ3v) is 8.96. The van der Waals surface area contributed by atoms with E-state index in [0.717, 1.165) is 21.6 Å². The van der Waals surface area contributed by atoms with Crippen LogP contribution >= 0.6 is 21.6 Å². The van der Waals surface area contributed by atoms with Gasteiger partial charge in [-0.25, -0.2) is 0 Å². The van der Waals surface area contributed by atoms with Gasteiger partial charge in [-0.15, -0.1) is 0 Å². The third kappa shape index (κ3) is 14.6. The zero-order chi connectivity index (χ0) is 34.9. The molecule has 1 aliphatic heterocycles. The molecule has 0 bridgehead atoms. The van der Waals surface area contributed by atoms with Crippen molar-refractivity contribution in [3.05, 3.63) is 35.9 Å². The van der Waals surface area contributed by atoms with Crippen molar-refractivity contribution in [2.75, 3.05) is 24.6 Å². The van der Waals surface area contributed by atoms with Crippen molar-refractivity contribution in [3.63, 3.8) is 0 Å². The number of nitrogens with one attached hydrogen (secondary N) is 5. The number of carbonyl (C=O) groups is 7. The molecule has 0 aromatic heterocycles. The molecule has 1 aliphatic rings. The zero-order valence-electron chi connectivity index (χ0n) is 25.3. The lowest BCUT2D eigenvalue weighted by Gasteiger charge is -2.25. The highest BCUT2D eigenvalue weighted by Crippen LogP contribution is 2.23. The molecular formula is C27H40N10O8S2. The van der Waals surface area contributed by atoms with Crippen molar-refractivity contribution in [2.45, 2.75) is 55.9 Å². The van der Waals surface area contributed by atoms with Crippen LogP contribution < -0.4 is 49.5 Å². The standard InChI is InChI=1S/C27H40N10O8S2/c28-15-12-46-47-13-19(22(29)41)37-25(44)17(9-14-5-2-1-3-6-14)36-26(45)18(10-21(39)40)34-20(38)11-33-24(43)16(35-23(15)42)7-4-8-32-27(30)31/h1-3,5-6,15-19H,4,7-13,28H2,(H2,29,41)(H,33,43)(H,34,38)(H,35,42)(H,36,45)(H,37,44)(H,39,40)(H4,30,31,32)/t15-,16-,17-,18-,19-/m0/s1. The summed E-state index contributed by atoms with van der Waals surface area (Å²) >= 11 is 0. The van der Waals surface area contributed by atoms with Crippen LogP contribution in [-0.4, -0.2) is 107 Å². The maximum atomic E-state index is 13.3. The van der Waals surface area contributed by atoms with Crippen molar-refractivity contribution in [3.8, 4) is 0 Å². The van der Waals surface area contributed by atoms with E-state index in [9.17, 15) is 38.7 Å². The highest BCUT2D eigenvalue weighted by molar-refractivity contribution is 8.76. The minimum atomic E-state index is -1.65. The van der Waals surface area contributed by atoms with Crippen LogP contribution in [0.4, 0.5) is 0 Å². The monoisotopic (exact) mass is 696 g/mol. The summed E-state index contributed by atoms with van der Waals surface area (Å²) in [6.45, 7) is -0.537. The molecule has 0 aliphatic carbocycles. The molecule has 20 heteroatoms. The van der Waals surface area contributed by atoms with Gasteiger partial charge >= 0.3 is 5.97 Å². The number of aliphatic carboxylic acids is 1. The first kappa shape index (κ1) is 38.6. The number of guanidine groups is 1. The van der Waals surface area contributed by atoms with Gasteiger partial charge in [0.15, 0.2) is 5.96 Å². The maximum Gasteiger partial charge on any atom is 0.305 e. The molecule has 18 nitrogen and oxygen atoms in total. The van der Waals surface area contributed by atoms with Gasteiger partial charge in [-0.2, -0.15) is 0 Å². The minimum absolute atomic E-state index is 0.0282. The summed E-state index contributed by atoms with van der Waals surface area (Å²) in [6.07, 6.45) is -0.570. The van der Waals surface area contributed by atoms with E-state index in [1.807, 2.05) is 0 Å². The average molecular weight is 697 g/mol. The lowest BCUT2D eigenvalue weighted by molar-refractivity contribution is -0.141. The Hall–Kier alpha value is -4.56. The number of hydrogen-bond donors (Lipinski definition) is 10. The molecule has 1 fully saturated rings. The summed E-state index contributed by atoms with van der Waals surface area (Å²) in [5.41, 5.74) is 22.8. The first-order valence-corrected chi connectivity index (χ1v) is 16.8. The Kier molecular flexibility index (Phi) is 16.3. The first-order chi connectivity index (χ1) is 22.3. The predicted molar refractivity (Wildman–Crippen MR) is 175 cm³/mol. The highest BCUT2D eigenvalue weighted by Gasteiger charge is 2.31. The minimum Gasteiger partial charge on any atom is -0.481 e. The summed E-state index contributed by atoms with van der Waals surface area (Å²) in [5.74, 6) is -6.60. The van der Waals surface area contributed by atoms with Gasteiger partial charge in [0.05, 0.1) is 19.0 Å². The molecule has 0 radical (unpaired) electrons. The van der Waals surface area contributed by atoms with E-state index in [2.05, 4.69) is 31.6 Å². The van der Waals surface area contributed by atoms with Gasteiger partial charge in [-0.3, -0.25) is 38.6 Å². The second-order valence-electron chi connectivity index (χ2n) is 10.3. The normalized spacial score (nSPS) is 23.9. The van der Waals surface area contributed by atoms with Crippen molar-refractivity contribution in [2.24, 2.45) is 27.9 Å². The van der Waals surface area contributed by atoms with Crippen LogP contribution in [0.2, 0.25) is 0 Å². The number of amides is 6. The Balaban J connectivity index is 2.36. The molecule has 0 unspecified atom stereocenters. The van der Waals surface area contributed by atoms with Crippen LogP contribution in [0.25, 0.3) is 0 Å². The number of primary amides is 1. The van der Waals surface area contributed by atoms with E-state index in [-0.39, 0.29) is 43.3 Å². The number of rotatable bonds is 9. The van der Waals surface area contributed by atoms with E-state index in [4.69, 9.17) is 22.9 Å². The fourth-order valence-corrected chi connectivity index (χ4v) is 6.38. The van der Waals surface area contributed by atoms with Gasteiger partial charge < -0.3 is 54.6 Å². The smallest absolute Gasteiger partial charge is 0.305 e. The Morgan fingerprint density at radius 3 is 2.11 bits per heavy atom. The number of benzene rings is 1. The SMILES string of the molecule is NC(=O)[C@@H]1CSSC[C@H](N)C(=O)N[C@@H](CCCN=C(N)N)C(=O)NCC(=O)N[C@@H](CC(=O)O)C(=O)N[C@@H](Cc2ccccc2)C(=O)N1. The van der Waals surface area contributed by atoms with Crippen LogP contribution in [0.3, 0.4) is 0 Å². The average Bonchev–Trinajstić information content (AvgIpc) is 3.01. The van der Waals surface area contributed by atoms with Crippen molar-refractivity contribution in [1.29, 1.82) is 0 Å². The van der Waals surface area contributed by atoms with E-state index in [0.29, 0.717) is 5.56 Å². The number of nitrogens with zero attached hydrogens (tertiary/aromatic N) is 1. The largest absolute Gasteiger partial charge is 0.481 e. The lowest BCUT2D eigenvalue weighted by atomic mass is 10.0. The molecule has 47 heavy (non-hydrogen) atoms. The van der Waals surface area contributed by atoms with Gasteiger partial charge in [-0.1, -0.05) is 51.9 Å². The Labute approximate surface area is 278 Å². The van der Waals surface area contributed by atoms with Crippen LogP contribution in [0.1, 0.15) is 24.8 Å². The summed E-state index contributed by atoms with van der Waals surface area (Å²) < 4.78 is 0. The number of carboxylic acid groups (broad SMARTS) is 1. The van der Waals surface area contributed by atoms with E-state index >= 15 is 0 Å². The fraction of sp³-hybridized carbons (Fsp3) is 0.481. The number of carboxylic acids is 1. The Bertz CT molecular complexity index is 1320. The van der Waals surface area contributed by atoms with Crippen molar-refractivity contribution >= 4 is 69.0 Å². The van der Waals surface area contributed by atoms with Crippen LogP contribution in [0.15, 0.2) is 35.3 Å². The van der Waals surface area contributed by atoms with Crippen LogP contribution in [-0.2, 0) is 40.0 Å². The molecule has 258 valence electrons. The van der Waals surface area contributed by atoms with Gasteiger partial charge in [0.1, 0.15) is 24.2 Å². The second kappa shape index (κ2) is 19.8. The number of carbonyl (C=O) groups excluding carboxylic acids is 6. The van der Waals surface area contributed by atoms with Gasteiger partial charge in [0, 0.05) is 24.5 Å². The van der Waals surface area contributed by atoms with E-state index in [1.54, 1.807) is 30.3 Å². The number of hydrogen-bond acceptors (Lipinski definition) is 11. The summed E-state index contributed by atoms with van der Waals surface area (Å²) in [5, 5.41) is 21.5. The van der Waals surface area contributed by atoms with Crippen LogP contribution in [0, 0.1) is 0 Å². The Morgan fingerprint density at radius 1 is 0.830 bits per heavy atom. The topological polar surface area (TPSA) is 316 Å². The molecular weight excluding hydrogens is 656 g/mol. The molecule has 0 saturated carbocycles. The van der Waals surface area contributed by atoms with Crippen LogP contribution in [0.5, 0.6) is 0 Å². The molecule has 14 N–H and O–H groups in total. The molecule has 6 amide bonds. The van der Waals surface area contributed by atoms with Gasteiger partial charge in [-0.05, 0) is 18.4 Å². The molecule has 1 aromatic rings. The van der Waals surface area contributed by atoms with Gasteiger partial charge in [0.2, 0.25) is 35.4 Å². The third-order valence-electron chi connectivity index (χ3n) is 6.51. The van der Waals surface area contributed by atoms with Gasteiger partial charge in [0.25, 0.3) is 0 Å². The second-order valence-corrected chi connectivity index (χ2v) is 12.9. The lowest BCUT2D eigenvalue weighted by Crippen LogP contribution is -2.58. The molecule has 5 atom stereocenters. The number of nitrogens with two attached hydrogens (primary N) is 4. The molecule has 1 heterocycles. The predicted octanol–water partition coefficient (Wildman–Crippen LogP) is -3.98. The molecule has 0 spiro atoms. The number of aliphatic imine (C=N–C) groups is 1. The molecule has 1 saturated heterocycles. The quantitative estimate of drug-likeness (QED) is 0.0510. The fourth-order valence-electron chi connectivity index (χ4n) is 4.08. The van der Waals surface area contributed by atoms with Crippen molar-refractivity contribution in [1.82, 2.24) is 26.6 Å². The highest BCUT2D eigenvalue weighted by atomic mass is 33.1. The maximum absolute atomic E-state index is 13.3. The van der Waals surface area contributed by atoms with E-state index < -0.39 is 84.6 Å². The summed E-state index contributed by atoms with van der Waals surface area (Å²) in [4.78, 5) is 92.8. The van der Waals surface area contributed by atoms with Crippen molar-refractivity contribution < 1.29 is 38.7 Å². The molecule has 1 aromatic carbocycles. The Morgan fingerprint density at radius 2 is 1.47 bits per heavy atom. The zero-order valence-corrected chi connectivity index (χ0v) is 26.9. The summed E-state index contributed by atoms with van der Waals surface area (Å²) in [7, 11) is 2.23.